The van der Waals surface area contributed by atoms with Gasteiger partial charge in [-0.05, 0) is 32.4 Å². The molecule has 0 spiro atoms. The monoisotopic (exact) mass is 356 g/mol. The van der Waals surface area contributed by atoms with Crippen molar-refractivity contribution >= 4 is 23.5 Å². The van der Waals surface area contributed by atoms with Gasteiger partial charge in [-0.15, -0.1) is 10.2 Å². The molecule has 1 aromatic heterocycles. The fraction of sp³-hybridized carbons (Fsp3) is 0.167. The predicted molar refractivity (Wildman–Crippen MR) is 99.0 cm³/mol. The van der Waals surface area contributed by atoms with Crippen LogP contribution in [-0.2, 0) is 9.59 Å². The molecule has 1 heterocycles. The molecule has 0 saturated heterocycles. The van der Waals surface area contributed by atoms with E-state index in [4.69, 9.17) is 10.2 Å². The molecule has 0 aliphatic heterocycles. The number of carboxylic acids is 2. The van der Waals surface area contributed by atoms with Crippen LogP contribution in [0.4, 0.5) is 5.82 Å². The van der Waals surface area contributed by atoms with Gasteiger partial charge in [-0.1, -0.05) is 30.3 Å². The molecule has 0 aliphatic carbocycles. The number of aryl methyl sites for hydroxylation is 1. The zero-order chi connectivity index (χ0) is 19.5. The quantitative estimate of drug-likeness (QED) is 0.427. The van der Waals surface area contributed by atoms with Gasteiger partial charge in [0.1, 0.15) is 0 Å². The third-order valence-corrected chi connectivity index (χ3v) is 2.81. The third kappa shape index (κ3) is 7.82. The number of carbonyl (C=O) groups is 2. The van der Waals surface area contributed by atoms with Gasteiger partial charge >= 0.3 is 11.9 Å². The van der Waals surface area contributed by atoms with E-state index < -0.39 is 11.9 Å². The van der Waals surface area contributed by atoms with Crippen molar-refractivity contribution in [3.8, 4) is 11.3 Å². The Hall–Kier alpha value is -3.55. The molecular formula is C18H20N4O4. The van der Waals surface area contributed by atoms with Crippen molar-refractivity contribution in [1.29, 1.82) is 0 Å². The number of rotatable bonds is 5. The van der Waals surface area contributed by atoms with Crippen molar-refractivity contribution in [3.63, 3.8) is 0 Å². The Kier molecular flexibility index (Phi) is 8.15. The Morgan fingerprint density at radius 3 is 2.08 bits per heavy atom. The molecule has 0 fully saturated rings. The second kappa shape index (κ2) is 10.3. The van der Waals surface area contributed by atoms with Gasteiger partial charge in [0.25, 0.3) is 0 Å². The maximum Gasteiger partial charge on any atom is 0.328 e. The third-order valence-electron chi connectivity index (χ3n) is 2.81. The molecule has 0 radical (unpaired) electrons. The van der Waals surface area contributed by atoms with E-state index in [-0.39, 0.29) is 0 Å². The smallest absolute Gasteiger partial charge is 0.328 e. The fourth-order valence-corrected chi connectivity index (χ4v) is 1.65. The van der Waals surface area contributed by atoms with E-state index in [0.29, 0.717) is 18.0 Å². The van der Waals surface area contributed by atoms with Crippen LogP contribution in [0.3, 0.4) is 0 Å². The maximum absolute atomic E-state index is 9.55. The van der Waals surface area contributed by atoms with Crippen LogP contribution in [0.15, 0.2) is 53.7 Å². The normalized spacial score (nSPS) is 9.81. The second-order valence-electron chi connectivity index (χ2n) is 5.31. The Labute approximate surface area is 150 Å². The summed E-state index contributed by atoms with van der Waals surface area (Å²) in [6, 6.07) is 12.0. The van der Waals surface area contributed by atoms with Gasteiger partial charge < -0.3 is 10.2 Å². The highest BCUT2D eigenvalue weighted by Gasteiger charge is 2.04. The molecule has 0 unspecified atom stereocenters. The van der Waals surface area contributed by atoms with Gasteiger partial charge in [0.2, 0.25) is 0 Å². The zero-order valence-electron chi connectivity index (χ0n) is 14.7. The van der Waals surface area contributed by atoms with Crippen molar-refractivity contribution in [2.75, 3.05) is 5.43 Å². The number of hydrogen-bond acceptors (Lipinski definition) is 6. The number of carboxylic acid groups (broad SMARTS) is 2. The molecule has 1 aromatic carbocycles. The molecule has 8 heteroatoms. The number of nitrogens with zero attached hydrogens (tertiary/aromatic N) is 3. The van der Waals surface area contributed by atoms with E-state index in [2.05, 4.69) is 20.7 Å². The highest BCUT2D eigenvalue weighted by molar-refractivity contribution is 5.89. The summed E-state index contributed by atoms with van der Waals surface area (Å²) in [7, 11) is 0. The van der Waals surface area contributed by atoms with Crippen molar-refractivity contribution in [1.82, 2.24) is 10.2 Å². The first-order valence-corrected chi connectivity index (χ1v) is 7.60. The average Bonchev–Trinajstić information content (AvgIpc) is 2.60. The molecule has 2 aromatic rings. The van der Waals surface area contributed by atoms with E-state index in [0.717, 1.165) is 22.5 Å². The molecular weight excluding hydrogens is 336 g/mol. The van der Waals surface area contributed by atoms with E-state index in [1.807, 2.05) is 57.2 Å². The molecule has 0 aliphatic rings. The molecule has 0 amide bonds. The minimum atomic E-state index is -1.26. The summed E-state index contributed by atoms with van der Waals surface area (Å²) in [5, 5.41) is 28.1. The standard InChI is InChI=1S/C14H16N4.C4H4O4/c1-10(2)15-17-14-11(3)9-13(16-18-14)12-7-5-4-6-8-12;5-3(6)1-2-4(7)8/h4-9H,1-3H3,(H,17,18);1-2H,(H,5,6)(H,7,8)/b;2-1-. The summed E-state index contributed by atoms with van der Waals surface area (Å²) < 4.78 is 0. The Bertz CT molecular complexity index is 797. The molecule has 136 valence electrons. The zero-order valence-corrected chi connectivity index (χ0v) is 14.7. The van der Waals surface area contributed by atoms with Gasteiger partial charge in [-0.25, -0.2) is 9.59 Å². The first-order valence-electron chi connectivity index (χ1n) is 7.60. The summed E-state index contributed by atoms with van der Waals surface area (Å²) in [6.45, 7) is 5.84. The molecule has 2 rings (SSSR count). The van der Waals surface area contributed by atoms with Crippen molar-refractivity contribution < 1.29 is 19.8 Å². The average molecular weight is 356 g/mol. The lowest BCUT2D eigenvalue weighted by Gasteiger charge is -2.06. The molecule has 3 N–H and O–H groups in total. The van der Waals surface area contributed by atoms with Crippen LogP contribution < -0.4 is 5.43 Å². The molecule has 0 saturated carbocycles. The lowest BCUT2D eigenvalue weighted by Crippen LogP contribution is -2.00. The predicted octanol–water partition coefficient (Wildman–Crippen LogP) is 2.97. The number of aromatic nitrogens is 2. The topological polar surface area (TPSA) is 125 Å². The van der Waals surface area contributed by atoms with Gasteiger partial charge in [0.05, 0.1) is 5.69 Å². The second-order valence-corrected chi connectivity index (χ2v) is 5.31. The lowest BCUT2D eigenvalue weighted by atomic mass is 10.1. The highest BCUT2D eigenvalue weighted by atomic mass is 16.4. The van der Waals surface area contributed by atoms with Crippen molar-refractivity contribution in [2.24, 2.45) is 5.10 Å². The summed E-state index contributed by atoms with van der Waals surface area (Å²) in [4.78, 5) is 19.1. The molecule has 0 bridgehead atoms. The number of hydrazone groups is 1. The lowest BCUT2D eigenvalue weighted by molar-refractivity contribution is -0.134. The summed E-state index contributed by atoms with van der Waals surface area (Å²) >= 11 is 0. The van der Waals surface area contributed by atoms with Gasteiger partial charge in [-0.3, -0.25) is 5.43 Å². The van der Waals surface area contributed by atoms with Crippen LogP contribution in [-0.4, -0.2) is 38.1 Å². The summed E-state index contributed by atoms with van der Waals surface area (Å²) in [5.41, 5.74) is 6.81. The van der Waals surface area contributed by atoms with Crippen molar-refractivity contribution in [2.45, 2.75) is 20.8 Å². The van der Waals surface area contributed by atoms with Crippen LogP contribution in [0.2, 0.25) is 0 Å². The van der Waals surface area contributed by atoms with E-state index in [1.165, 1.54) is 0 Å². The fourth-order valence-electron chi connectivity index (χ4n) is 1.65. The minimum absolute atomic E-state index is 0.558. The van der Waals surface area contributed by atoms with Gasteiger partial charge in [-0.2, -0.15) is 5.10 Å². The number of nitrogens with one attached hydrogen (secondary N) is 1. The highest BCUT2D eigenvalue weighted by Crippen LogP contribution is 2.19. The first kappa shape index (κ1) is 20.5. The Morgan fingerprint density at radius 1 is 1.04 bits per heavy atom. The number of aliphatic carboxylic acids is 2. The Morgan fingerprint density at radius 2 is 1.62 bits per heavy atom. The Balaban J connectivity index is 0.000000359. The van der Waals surface area contributed by atoms with Crippen LogP contribution in [0.5, 0.6) is 0 Å². The van der Waals surface area contributed by atoms with Crippen LogP contribution in [0, 0.1) is 6.92 Å². The van der Waals surface area contributed by atoms with E-state index >= 15 is 0 Å². The van der Waals surface area contributed by atoms with Crippen LogP contribution in [0.1, 0.15) is 19.4 Å². The van der Waals surface area contributed by atoms with Gasteiger partial charge in [0, 0.05) is 23.4 Å². The van der Waals surface area contributed by atoms with Crippen molar-refractivity contribution in [3.05, 3.63) is 54.1 Å². The summed E-state index contributed by atoms with van der Waals surface area (Å²) in [5.74, 6) is -1.82. The van der Waals surface area contributed by atoms with Gasteiger partial charge in [0.15, 0.2) is 5.82 Å². The number of anilines is 1. The number of benzene rings is 1. The van der Waals surface area contributed by atoms with Crippen LogP contribution >= 0.6 is 0 Å². The van der Waals surface area contributed by atoms with Crippen LogP contribution in [0.25, 0.3) is 11.3 Å². The first-order chi connectivity index (χ1) is 12.3. The largest absolute Gasteiger partial charge is 0.478 e. The SMILES string of the molecule is CC(C)=NNc1nnc(-c2ccccc2)cc1C.O=C(O)/C=C\C(=O)O. The molecule has 26 heavy (non-hydrogen) atoms. The summed E-state index contributed by atoms with van der Waals surface area (Å²) in [6.07, 6.45) is 1.12. The van der Waals surface area contributed by atoms with E-state index in [1.54, 1.807) is 0 Å². The maximum atomic E-state index is 9.55. The molecule has 0 atom stereocenters. The van der Waals surface area contributed by atoms with E-state index in [9.17, 15) is 9.59 Å². The minimum Gasteiger partial charge on any atom is -0.478 e. The molecule has 8 nitrogen and oxygen atoms in total. The number of hydrogen-bond donors (Lipinski definition) is 3.